The second-order valence-electron chi connectivity index (χ2n) is 4.26. The van der Waals surface area contributed by atoms with Gasteiger partial charge < -0.3 is 5.73 Å². The fourth-order valence-corrected chi connectivity index (χ4v) is 2.80. The highest BCUT2D eigenvalue weighted by Gasteiger charge is 2.17. The van der Waals surface area contributed by atoms with Gasteiger partial charge in [-0.25, -0.2) is 8.78 Å². The van der Waals surface area contributed by atoms with Crippen molar-refractivity contribution in [3.63, 3.8) is 0 Å². The van der Waals surface area contributed by atoms with Crippen molar-refractivity contribution in [3.05, 3.63) is 56.8 Å². The summed E-state index contributed by atoms with van der Waals surface area (Å²) in [5.41, 5.74) is 6.81. The van der Waals surface area contributed by atoms with Gasteiger partial charge in [0.2, 0.25) is 0 Å². The molecule has 1 atom stereocenters. The average molecular weight is 267 g/mol. The monoisotopic (exact) mass is 267 g/mol. The first-order chi connectivity index (χ1) is 8.52. The largest absolute Gasteiger partial charge is 0.320 e. The molecule has 1 nitrogen and oxygen atoms in total. The molecule has 1 aromatic heterocycles. The highest BCUT2D eigenvalue weighted by Crippen LogP contribution is 2.29. The molecule has 0 aliphatic carbocycles. The SMILES string of the molecule is CCc1ccc(C(N)c2cc(C)c(F)cc2F)s1. The minimum Gasteiger partial charge on any atom is -0.320 e. The van der Waals surface area contributed by atoms with E-state index >= 15 is 0 Å². The molecule has 2 rings (SSSR count). The number of hydrogen-bond donors (Lipinski definition) is 1. The van der Waals surface area contributed by atoms with Gasteiger partial charge in [-0.05, 0) is 37.1 Å². The number of thiophene rings is 1. The molecule has 0 saturated heterocycles. The lowest BCUT2D eigenvalue weighted by Gasteiger charge is -2.12. The van der Waals surface area contributed by atoms with Gasteiger partial charge in [0.05, 0.1) is 6.04 Å². The van der Waals surface area contributed by atoms with Crippen molar-refractivity contribution in [2.75, 3.05) is 0 Å². The van der Waals surface area contributed by atoms with E-state index in [4.69, 9.17) is 5.73 Å². The second kappa shape index (κ2) is 5.16. The van der Waals surface area contributed by atoms with Crippen molar-refractivity contribution >= 4 is 11.3 Å². The highest BCUT2D eigenvalue weighted by atomic mass is 32.1. The van der Waals surface area contributed by atoms with Crippen molar-refractivity contribution in [1.29, 1.82) is 0 Å². The summed E-state index contributed by atoms with van der Waals surface area (Å²) < 4.78 is 26.9. The molecule has 0 saturated carbocycles. The molecule has 0 amide bonds. The summed E-state index contributed by atoms with van der Waals surface area (Å²) >= 11 is 1.57. The zero-order valence-corrected chi connectivity index (χ0v) is 11.2. The van der Waals surface area contributed by atoms with Crippen molar-refractivity contribution < 1.29 is 8.78 Å². The van der Waals surface area contributed by atoms with E-state index in [1.54, 1.807) is 18.3 Å². The summed E-state index contributed by atoms with van der Waals surface area (Å²) in [4.78, 5) is 2.11. The molecule has 2 N–H and O–H groups in total. The molecule has 0 aliphatic heterocycles. The molecule has 18 heavy (non-hydrogen) atoms. The van der Waals surface area contributed by atoms with Crippen molar-refractivity contribution in [2.24, 2.45) is 5.73 Å². The van der Waals surface area contributed by atoms with Crippen molar-refractivity contribution in [2.45, 2.75) is 26.3 Å². The number of nitrogens with two attached hydrogens (primary N) is 1. The third-order valence-electron chi connectivity index (χ3n) is 2.95. The molecule has 4 heteroatoms. The summed E-state index contributed by atoms with van der Waals surface area (Å²) in [6.07, 6.45) is 0.933. The number of rotatable bonds is 3. The van der Waals surface area contributed by atoms with Gasteiger partial charge in [-0.1, -0.05) is 6.92 Å². The van der Waals surface area contributed by atoms with E-state index in [9.17, 15) is 8.78 Å². The Bertz CT molecular complexity index is 563. The molecule has 96 valence electrons. The van der Waals surface area contributed by atoms with Gasteiger partial charge in [-0.15, -0.1) is 11.3 Å². The molecule has 1 heterocycles. The van der Waals surface area contributed by atoms with Crippen LogP contribution in [0.15, 0.2) is 24.3 Å². The van der Waals surface area contributed by atoms with Crippen LogP contribution >= 0.6 is 11.3 Å². The first-order valence-corrected chi connectivity index (χ1v) is 6.64. The number of aryl methyl sites for hydroxylation is 2. The van der Waals surface area contributed by atoms with Crippen LogP contribution in [-0.2, 0) is 6.42 Å². The number of benzene rings is 1. The minimum absolute atomic E-state index is 0.346. The van der Waals surface area contributed by atoms with Gasteiger partial charge in [-0.2, -0.15) is 0 Å². The summed E-state index contributed by atoms with van der Waals surface area (Å²) in [7, 11) is 0. The lowest BCUT2D eigenvalue weighted by molar-refractivity contribution is 0.561. The quantitative estimate of drug-likeness (QED) is 0.895. The van der Waals surface area contributed by atoms with E-state index in [1.165, 1.54) is 10.9 Å². The van der Waals surface area contributed by atoms with Crippen LogP contribution in [0.1, 0.15) is 33.8 Å². The predicted octanol–water partition coefficient (Wildman–Crippen LogP) is 3.95. The van der Waals surface area contributed by atoms with E-state index < -0.39 is 17.7 Å². The van der Waals surface area contributed by atoms with Crippen LogP contribution in [0.25, 0.3) is 0 Å². The van der Waals surface area contributed by atoms with Gasteiger partial charge in [0.15, 0.2) is 0 Å². The maximum atomic E-state index is 13.7. The average Bonchev–Trinajstić information content (AvgIpc) is 2.81. The van der Waals surface area contributed by atoms with Crippen LogP contribution in [0.5, 0.6) is 0 Å². The lowest BCUT2D eigenvalue weighted by atomic mass is 10.0. The Morgan fingerprint density at radius 1 is 1.22 bits per heavy atom. The Balaban J connectivity index is 2.39. The van der Waals surface area contributed by atoms with E-state index in [2.05, 4.69) is 6.92 Å². The first kappa shape index (κ1) is 13.2. The Labute approximate surface area is 109 Å². The second-order valence-corrected chi connectivity index (χ2v) is 5.46. The van der Waals surface area contributed by atoms with Crippen molar-refractivity contribution in [1.82, 2.24) is 0 Å². The Morgan fingerprint density at radius 2 is 1.94 bits per heavy atom. The molecule has 0 spiro atoms. The standard InChI is InChI=1S/C14H15F2NS/c1-3-9-4-5-13(18-9)14(17)10-6-8(2)11(15)7-12(10)16/h4-7,14H,3,17H2,1-2H3. The van der Waals surface area contributed by atoms with Gasteiger partial charge in [0, 0.05) is 21.4 Å². The molecule has 1 unspecified atom stereocenters. The van der Waals surface area contributed by atoms with Crippen LogP contribution in [0.3, 0.4) is 0 Å². The molecule has 0 aliphatic rings. The smallest absolute Gasteiger partial charge is 0.131 e. The zero-order chi connectivity index (χ0) is 13.3. The van der Waals surface area contributed by atoms with E-state index in [0.717, 1.165) is 17.4 Å². The fraction of sp³-hybridized carbons (Fsp3) is 0.286. The summed E-state index contributed by atoms with van der Waals surface area (Å²) in [5.74, 6) is -1.12. The van der Waals surface area contributed by atoms with Gasteiger partial charge >= 0.3 is 0 Å². The van der Waals surface area contributed by atoms with E-state index in [1.807, 2.05) is 12.1 Å². The number of halogens is 2. The van der Waals surface area contributed by atoms with Crippen LogP contribution in [-0.4, -0.2) is 0 Å². The van der Waals surface area contributed by atoms with Crippen LogP contribution in [0.4, 0.5) is 8.78 Å². The van der Waals surface area contributed by atoms with Crippen LogP contribution < -0.4 is 5.73 Å². The molecule has 0 radical (unpaired) electrons. The third kappa shape index (κ3) is 2.44. The lowest BCUT2D eigenvalue weighted by Crippen LogP contribution is -2.13. The molecule has 2 aromatic rings. The number of hydrogen-bond acceptors (Lipinski definition) is 2. The van der Waals surface area contributed by atoms with Crippen molar-refractivity contribution in [3.8, 4) is 0 Å². The first-order valence-electron chi connectivity index (χ1n) is 5.82. The van der Waals surface area contributed by atoms with Crippen LogP contribution in [0.2, 0.25) is 0 Å². The summed E-state index contributed by atoms with van der Waals surface area (Å²) in [6, 6.07) is 5.76. The van der Waals surface area contributed by atoms with E-state index in [0.29, 0.717) is 11.1 Å². The maximum absolute atomic E-state index is 13.7. The normalized spacial score (nSPS) is 12.7. The van der Waals surface area contributed by atoms with Gasteiger partial charge in [-0.3, -0.25) is 0 Å². The zero-order valence-electron chi connectivity index (χ0n) is 10.3. The van der Waals surface area contributed by atoms with E-state index in [-0.39, 0.29) is 0 Å². The fourth-order valence-electron chi connectivity index (χ4n) is 1.82. The molecule has 0 bridgehead atoms. The van der Waals surface area contributed by atoms with Gasteiger partial charge in [0.1, 0.15) is 11.6 Å². The maximum Gasteiger partial charge on any atom is 0.131 e. The predicted molar refractivity (Wildman–Crippen MR) is 70.8 cm³/mol. The Morgan fingerprint density at radius 3 is 2.56 bits per heavy atom. The van der Waals surface area contributed by atoms with Gasteiger partial charge in [0.25, 0.3) is 0 Å². The Kier molecular flexibility index (Phi) is 3.78. The summed E-state index contributed by atoms with van der Waals surface area (Å²) in [5, 5.41) is 0. The van der Waals surface area contributed by atoms with Crippen LogP contribution in [0, 0.1) is 18.6 Å². The minimum atomic E-state index is -0.586. The molecular formula is C14H15F2NS. The highest BCUT2D eigenvalue weighted by molar-refractivity contribution is 7.12. The molecule has 1 aromatic carbocycles. The summed E-state index contributed by atoms with van der Waals surface area (Å²) in [6.45, 7) is 3.67. The topological polar surface area (TPSA) is 26.0 Å². The Hall–Kier alpha value is -1.26. The molecule has 0 fully saturated rings. The third-order valence-corrected chi connectivity index (χ3v) is 4.26. The molecular weight excluding hydrogens is 252 g/mol.